The number of aromatic nitrogens is 2. The Morgan fingerprint density at radius 3 is 2.24 bits per heavy atom. The van der Waals surface area contributed by atoms with Crippen LogP contribution in [0.3, 0.4) is 0 Å². The summed E-state index contributed by atoms with van der Waals surface area (Å²) >= 11 is 24.2. The molecule has 0 saturated heterocycles. The molecule has 21 heavy (non-hydrogen) atoms. The van der Waals surface area contributed by atoms with Crippen molar-refractivity contribution in [2.45, 2.75) is 0 Å². The average Bonchev–Trinajstić information content (AvgIpc) is 2.40. The van der Waals surface area contributed by atoms with Crippen LogP contribution in [0.5, 0.6) is 0 Å². The van der Waals surface area contributed by atoms with Crippen molar-refractivity contribution in [2.24, 2.45) is 0 Å². The van der Waals surface area contributed by atoms with E-state index < -0.39 is 0 Å². The lowest BCUT2D eigenvalue weighted by Gasteiger charge is -2.08. The highest BCUT2D eigenvalue weighted by atomic mass is 35.5. The molecule has 7 heteroatoms. The summed E-state index contributed by atoms with van der Waals surface area (Å²) in [7, 11) is 0. The second-order valence-electron chi connectivity index (χ2n) is 4.34. The lowest BCUT2D eigenvalue weighted by molar-refractivity contribution is 1.23. The van der Waals surface area contributed by atoms with E-state index in [-0.39, 0.29) is 5.82 Å². The van der Waals surface area contributed by atoms with Crippen LogP contribution in [0, 0.1) is 0 Å². The van der Waals surface area contributed by atoms with Crippen LogP contribution in [-0.4, -0.2) is 9.97 Å². The SMILES string of the molecule is Nc1nc(-c2ccc(Cl)cc2Cl)nc2c(Cl)cc(Cl)cc12. The van der Waals surface area contributed by atoms with Crippen molar-refractivity contribution in [3.8, 4) is 11.4 Å². The number of nitrogens with two attached hydrogens (primary N) is 1. The van der Waals surface area contributed by atoms with Crippen molar-refractivity contribution in [3.05, 3.63) is 50.4 Å². The third-order valence-electron chi connectivity index (χ3n) is 2.92. The van der Waals surface area contributed by atoms with Crippen LogP contribution >= 0.6 is 46.4 Å². The molecule has 0 radical (unpaired) electrons. The Morgan fingerprint density at radius 1 is 0.810 bits per heavy atom. The molecule has 0 bridgehead atoms. The number of fused-ring (bicyclic) bond motifs is 1. The molecule has 0 aliphatic rings. The third-order valence-corrected chi connectivity index (χ3v) is 3.97. The molecule has 0 atom stereocenters. The van der Waals surface area contributed by atoms with Gasteiger partial charge in [-0.1, -0.05) is 46.4 Å². The van der Waals surface area contributed by atoms with Gasteiger partial charge in [0.05, 0.1) is 15.6 Å². The molecule has 0 saturated carbocycles. The van der Waals surface area contributed by atoms with Gasteiger partial charge in [0.1, 0.15) is 5.82 Å². The molecule has 2 aromatic carbocycles. The Kier molecular flexibility index (Phi) is 3.84. The number of halogens is 4. The van der Waals surface area contributed by atoms with Crippen LogP contribution in [0.25, 0.3) is 22.3 Å². The molecule has 2 N–H and O–H groups in total. The van der Waals surface area contributed by atoms with Crippen LogP contribution in [-0.2, 0) is 0 Å². The fourth-order valence-corrected chi connectivity index (χ4v) is 3.00. The molecule has 0 aliphatic carbocycles. The van der Waals surface area contributed by atoms with E-state index in [4.69, 9.17) is 52.1 Å². The fraction of sp³-hybridized carbons (Fsp3) is 0. The van der Waals surface area contributed by atoms with Crippen LogP contribution in [0.15, 0.2) is 30.3 Å². The highest BCUT2D eigenvalue weighted by Crippen LogP contribution is 2.33. The average molecular weight is 359 g/mol. The fourth-order valence-electron chi connectivity index (χ4n) is 1.97. The zero-order valence-electron chi connectivity index (χ0n) is 10.4. The molecule has 1 heterocycles. The summed E-state index contributed by atoms with van der Waals surface area (Å²) < 4.78 is 0. The highest BCUT2D eigenvalue weighted by molar-refractivity contribution is 6.39. The molecule has 3 rings (SSSR count). The summed E-state index contributed by atoms with van der Waals surface area (Å²) in [5.41, 5.74) is 7.12. The van der Waals surface area contributed by atoms with E-state index in [1.165, 1.54) is 0 Å². The van der Waals surface area contributed by atoms with Gasteiger partial charge in [0.15, 0.2) is 5.82 Å². The molecule has 1 aromatic heterocycles. The number of rotatable bonds is 1. The molecule has 0 aliphatic heterocycles. The number of hydrogen-bond donors (Lipinski definition) is 1. The van der Waals surface area contributed by atoms with E-state index in [0.29, 0.717) is 42.4 Å². The van der Waals surface area contributed by atoms with Crippen molar-refractivity contribution in [1.29, 1.82) is 0 Å². The van der Waals surface area contributed by atoms with Gasteiger partial charge in [-0.05, 0) is 30.3 Å². The van der Waals surface area contributed by atoms with Gasteiger partial charge in [-0.2, -0.15) is 0 Å². The number of nitrogen functional groups attached to an aromatic ring is 1. The first kappa shape index (κ1) is 14.7. The minimum Gasteiger partial charge on any atom is -0.383 e. The Bertz CT molecular complexity index is 864. The quantitative estimate of drug-likeness (QED) is 0.625. The summed E-state index contributed by atoms with van der Waals surface area (Å²) in [6.07, 6.45) is 0. The van der Waals surface area contributed by atoms with E-state index in [1.807, 2.05) is 0 Å². The first-order valence-corrected chi connectivity index (χ1v) is 7.34. The van der Waals surface area contributed by atoms with Crippen molar-refractivity contribution in [1.82, 2.24) is 9.97 Å². The summed E-state index contributed by atoms with van der Waals surface area (Å²) in [5, 5.41) is 2.44. The standard InChI is InChI=1S/C14H7Cl4N3/c15-6-1-2-8(10(17)4-6)14-20-12-9(13(19)21-14)3-7(16)5-11(12)18/h1-5H,(H2,19,20,21). The number of anilines is 1. The van der Waals surface area contributed by atoms with Gasteiger partial charge in [-0.25, -0.2) is 9.97 Å². The monoisotopic (exact) mass is 357 g/mol. The third kappa shape index (κ3) is 2.74. The van der Waals surface area contributed by atoms with Gasteiger partial charge < -0.3 is 5.73 Å². The lowest BCUT2D eigenvalue weighted by Crippen LogP contribution is -1.98. The normalized spacial score (nSPS) is 11.0. The predicted molar refractivity (Wildman–Crippen MR) is 89.4 cm³/mol. The van der Waals surface area contributed by atoms with Gasteiger partial charge in [-0.3, -0.25) is 0 Å². The molecule has 0 amide bonds. The predicted octanol–water partition coefficient (Wildman–Crippen LogP) is 5.49. The topological polar surface area (TPSA) is 51.8 Å². The van der Waals surface area contributed by atoms with Gasteiger partial charge in [0.2, 0.25) is 0 Å². The molecule has 0 unspecified atom stereocenters. The molecule has 106 valence electrons. The number of benzene rings is 2. The Balaban J connectivity index is 2.30. The summed E-state index contributed by atoms with van der Waals surface area (Å²) in [6, 6.07) is 8.33. The van der Waals surface area contributed by atoms with Gasteiger partial charge in [0, 0.05) is 21.0 Å². The van der Waals surface area contributed by atoms with Gasteiger partial charge >= 0.3 is 0 Å². The Morgan fingerprint density at radius 2 is 1.52 bits per heavy atom. The van der Waals surface area contributed by atoms with E-state index in [2.05, 4.69) is 9.97 Å². The zero-order valence-corrected chi connectivity index (χ0v) is 13.4. The molecule has 3 nitrogen and oxygen atoms in total. The van der Waals surface area contributed by atoms with Crippen molar-refractivity contribution >= 4 is 63.1 Å². The van der Waals surface area contributed by atoms with Crippen molar-refractivity contribution in [2.75, 3.05) is 5.73 Å². The maximum atomic E-state index is 6.17. The number of nitrogens with zero attached hydrogens (tertiary/aromatic N) is 2. The van der Waals surface area contributed by atoms with Gasteiger partial charge in [0.25, 0.3) is 0 Å². The first-order chi connectivity index (χ1) is 9.95. The maximum absolute atomic E-state index is 6.17. The van der Waals surface area contributed by atoms with Crippen LogP contribution in [0.4, 0.5) is 5.82 Å². The van der Waals surface area contributed by atoms with E-state index in [1.54, 1.807) is 30.3 Å². The molecular weight excluding hydrogens is 352 g/mol. The van der Waals surface area contributed by atoms with E-state index in [0.717, 1.165) is 0 Å². The van der Waals surface area contributed by atoms with Crippen LogP contribution < -0.4 is 5.73 Å². The molecule has 0 spiro atoms. The van der Waals surface area contributed by atoms with E-state index in [9.17, 15) is 0 Å². The molecule has 3 aromatic rings. The van der Waals surface area contributed by atoms with Crippen LogP contribution in [0.1, 0.15) is 0 Å². The number of hydrogen-bond acceptors (Lipinski definition) is 3. The molecule has 0 fully saturated rings. The summed E-state index contributed by atoms with van der Waals surface area (Å²) in [5.74, 6) is 0.663. The summed E-state index contributed by atoms with van der Waals surface area (Å²) in [6.45, 7) is 0. The van der Waals surface area contributed by atoms with E-state index >= 15 is 0 Å². The largest absolute Gasteiger partial charge is 0.383 e. The second kappa shape index (κ2) is 5.50. The minimum absolute atomic E-state index is 0.283. The van der Waals surface area contributed by atoms with Gasteiger partial charge in [-0.15, -0.1) is 0 Å². The minimum atomic E-state index is 0.283. The van der Waals surface area contributed by atoms with Crippen molar-refractivity contribution in [3.63, 3.8) is 0 Å². The highest BCUT2D eigenvalue weighted by Gasteiger charge is 2.13. The Labute approximate surface area is 140 Å². The first-order valence-electron chi connectivity index (χ1n) is 5.83. The Hall–Kier alpha value is -1.26. The maximum Gasteiger partial charge on any atom is 0.163 e. The van der Waals surface area contributed by atoms with Crippen molar-refractivity contribution < 1.29 is 0 Å². The zero-order chi connectivity index (χ0) is 15.1. The summed E-state index contributed by atoms with van der Waals surface area (Å²) in [4.78, 5) is 8.69. The lowest BCUT2D eigenvalue weighted by atomic mass is 10.2. The van der Waals surface area contributed by atoms with Crippen LogP contribution in [0.2, 0.25) is 20.1 Å². The second-order valence-corrected chi connectivity index (χ2v) is 6.03. The smallest absolute Gasteiger partial charge is 0.163 e. The molecular formula is C14H7Cl4N3.